The minimum absolute atomic E-state index is 0.00171. The van der Waals surface area contributed by atoms with Crippen molar-refractivity contribution >= 4 is 47.3 Å². The highest BCUT2D eigenvalue weighted by Crippen LogP contribution is 2.18. The number of hydrogen-bond acceptors (Lipinski definition) is 13. The van der Waals surface area contributed by atoms with Crippen molar-refractivity contribution in [2.24, 2.45) is 17.8 Å². The second-order valence-electron chi connectivity index (χ2n) is 20.5. The van der Waals surface area contributed by atoms with Crippen molar-refractivity contribution in [1.29, 1.82) is 0 Å². The minimum Gasteiger partial charge on any atom is -0.508 e. The summed E-state index contributed by atoms with van der Waals surface area (Å²) < 4.78 is 5.66. The molecule has 20 heteroatoms. The van der Waals surface area contributed by atoms with Crippen molar-refractivity contribution in [2.45, 2.75) is 167 Å². The third kappa shape index (κ3) is 21.9. The number of nitrogens with zero attached hydrogens (tertiary/aromatic N) is 1. The van der Waals surface area contributed by atoms with Gasteiger partial charge in [0.25, 0.3) is 0 Å². The molecule has 1 aliphatic rings. The molecule has 20 nitrogen and oxygen atoms in total. The fourth-order valence-electron chi connectivity index (χ4n) is 8.36. The first kappa shape index (κ1) is 63.7. The molecule has 420 valence electrons. The van der Waals surface area contributed by atoms with Gasteiger partial charge < -0.3 is 62.0 Å². The SMILES string of the molecule is CCCCCC/C=C\CC(=O)N[C@@H](Cc1ccccc1)[C@@H](O)CC(=O)N[C@H](C(=O)N[C@@H](CO)[C@@H](O)CC(=O)N[C@H](C(=O)N[C@@H]1/C=C\C(=O)N[C@@H](C(C)C)C(=O)N(C)[C@@H](Cc2ccc(O)cc2)C(=O)OC1)C(C)C)C(C)C. The largest absolute Gasteiger partial charge is 0.508 e. The molecule has 0 aliphatic carbocycles. The van der Waals surface area contributed by atoms with E-state index in [2.05, 4.69) is 38.8 Å². The van der Waals surface area contributed by atoms with E-state index in [0.29, 0.717) is 5.56 Å². The number of nitrogens with one attached hydrogen (secondary N) is 6. The summed E-state index contributed by atoms with van der Waals surface area (Å²) in [6.45, 7) is 10.9. The highest BCUT2D eigenvalue weighted by atomic mass is 16.5. The van der Waals surface area contributed by atoms with Crippen molar-refractivity contribution in [3.63, 3.8) is 0 Å². The summed E-state index contributed by atoms with van der Waals surface area (Å²) in [5, 5.41) is 58.5. The number of carbonyl (C=O) groups excluding carboxylic acids is 8. The molecule has 7 amide bonds. The normalized spacial score (nSPS) is 19.3. The van der Waals surface area contributed by atoms with Gasteiger partial charge in [0, 0.05) is 26.0 Å². The fraction of sp³-hybridized carbons (Fsp3) is 0.571. The van der Waals surface area contributed by atoms with Crippen LogP contribution in [0.25, 0.3) is 0 Å². The molecule has 0 unspecified atom stereocenters. The topological polar surface area (TPSA) is 302 Å². The molecule has 0 saturated heterocycles. The van der Waals surface area contributed by atoms with Crippen LogP contribution in [0.15, 0.2) is 78.9 Å². The molecule has 2 aromatic rings. The highest BCUT2D eigenvalue weighted by Gasteiger charge is 2.37. The quantitative estimate of drug-likeness (QED) is 0.0333. The number of aromatic hydroxyl groups is 1. The lowest BCUT2D eigenvalue weighted by molar-refractivity contribution is -0.156. The molecule has 3 rings (SSSR count). The first-order valence-electron chi connectivity index (χ1n) is 26.4. The van der Waals surface area contributed by atoms with Gasteiger partial charge in [-0.05, 0) is 60.3 Å². The Kier molecular flexibility index (Phi) is 27.4. The predicted octanol–water partition coefficient (Wildman–Crippen LogP) is 2.41. The van der Waals surface area contributed by atoms with Gasteiger partial charge in [-0.1, -0.05) is 128 Å². The van der Waals surface area contributed by atoms with Gasteiger partial charge in [-0.3, -0.25) is 33.6 Å². The lowest BCUT2D eigenvalue weighted by Gasteiger charge is -2.32. The number of rotatable bonds is 28. The van der Waals surface area contributed by atoms with E-state index >= 15 is 0 Å². The molecule has 2 aromatic carbocycles. The average molecular weight is 1060 g/mol. The number of amides is 7. The van der Waals surface area contributed by atoms with Crippen LogP contribution < -0.4 is 31.9 Å². The standard InChI is InChI=1S/C56H83N7O13/c1-9-10-11-12-13-14-18-21-46(68)58-41(28-37-19-16-15-17-20-37)44(66)30-48(70)62-51(35(4)5)54(73)59-42(32-64)45(67)31-49(71)61-50(34(2)3)53(72)57-39-24-27-47(69)60-52(36(6)7)55(74)63(8)43(56(75)76-33-39)29-38-22-25-40(65)26-23-38/h14-20,22-27,34-36,39,41-45,50-52,64-67H,9-13,21,28-33H2,1-8H3,(H,57,72)(H,58,68)(H,59,73)(H,60,69)(H,61,71)(H,62,70)/b18-14-,27-24-/t39-,41+,42+,43+,44+,45+,50+,51+,52+/m1/s1. The third-order valence-corrected chi connectivity index (χ3v) is 13.0. The summed E-state index contributed by atoms with van der Waals surface area (Å²) >= 11 is 0. The Bertz CT molecular complexity index is 2260. The maximum Gasteiger partial charge on any atom is 0.329 e. The van der Waals surface area contributed by atoms with E-state index < -0.39 is 134 Å². The number of likely N-dealkylation sites (N-methyl/N-ethyl adjacent to an activating group) is 1. The van der Waals surface area contributed by atoms with Gasteiger partial charge >= 0.3 is 5.97 Å². The van der Waals surface area contributed by atoms with Crippen molar-refractivity contribution in [1.82, 2.24) is 36.8 Å². The Morgan fingerprint density at radius 1 is 0.750 bits per heavy atom. The zero-order chi connectivity index (χ0) is 56.5. The van der Waals surface area contributed by atoms with Crippen LogP contribution in [0.4, 0.5) is 0 Å². The number of aliphatic hydroxyl groups excluding tert-OH is 3. The Balaban J connectivity index is 1.67. The van der Waals surface area contributed by atoms with E-state index in [1.807, 2.05) is 36.4 Å². The molecule has 1 heterocycles. The molecule has 0 spiro atoms. The number of benzene rings is 2. The first-order valence-corrected chi connectivity index (χ1v) is 26.4. The van der Waals surface area contributed by atoms with Crippen molar-refractivity contribution in [3.8, 4) is 5.75 Å². The molecule has 0 aromatic heterocycles. The number of allylic oxidation sites excluding steroid dienone is 1. The summed E-state index contributed by atoms with van der Waals surface area (Å²) in [5.41, 5.74) is 1.42. The lowest BCUT2D eigenvalue weighted by atomic mass is 9.97. The number of aliphatic hydroxyl groups is 3. The van der Waals surface area contributed by atoms with Crippen LogP contribution in [0.1, 0.15) is 111 Å². The number of phenolic OH excluding ortho intramolecular Hbond substituents is 1. The Hall–Kier alpha value is -6.64. The number of esters is 1. The fourth-order valence-corrected chi connectivity index (χ4v) is 8.36. The van der Waals surface area contributed by atoms with Crippen LogP contribution in [0.5, 0.6) is 5.75 Å². The predicted molar refractivity (Wildman–Crippen MR) is 286 cm³/mol. The molecular weight excluding hydrogens is 979 g/mol. The number of ether oxygens (including phenoxy) is 1. The second kappa shape index (κ2) is 32.7. The zero-order valence-electron chi connectivity index (χ0n) is 45.3. The van der Waals surface area contributed by atoms with E-state index in [-0.39, 0.29) is 36.8 Å². The van der Waals surface area contributed by atoms with E-state index in [9.17, 15) is 58.8 Å². The maximum atomic E-state index is 13.9. The number of hydrogen-bond donors (Lipinski definition) is 10. The molecule has 76 heavy (non-hydrogen) atoms. The molecular formula is C56H83N7O13. The van der Waals surface area contributed by atoms with Gasteiger partial charge in [-0.15, -0.1) is 0 Å². The van der Waals surface area contributed by atoms with Gasteiger partial charge in [0.05, 0.1) is 49.8 Å². The van der Waals surface area contributed by atoms with Crippen molar-refractivity contribution in [2.75, 3.05) is 20.3 Å². The Morgan fingerprint density at radius 2 is 1.36 bits per heavy atom. The Morgan fingerprint density at radius 3 is 1.93 bits per heavy atom. The van der Waals surface area contributed by atoms with Gasteiger partial charge in [-0.25, -0.2) is 4.79 Å². The summed E-state index contributed by atoms with van der Waals surface area (Å²) in [7, 11) is 1.42. The lowest BCUT2D eigenvalue weighted by Crippen LogP contribution is -2.57. The van der Waals surface area contributed by atoms with Gasteiger partial charge in [-0.2, -0.15) is 0 Å². The van der Waals surface area contributed by atoms with Crippen LogP contribution in [0.3, 0.4) is 0 Å². The molecule has 0 bridgehead atoms. The smallest absolute Gasteiger partial charge is 0.329 e. The number of phenols is 1. The second-order valence-corrected chi connectivity index (χ2v) is 20.5. The molecule has 0 radical (unpaired) electrons. The van der Waals surface area contributed by atoms with Crippen LogP contribution in [0, 0.1) is 17.8 Å². The third-order valence-electron chi connectivity index (χ3n) is 13.0. The number of carbonyl (C=O) groups is 8. The van der Waals surface area contributed by atoms with Crippen molar-refractivity contribution < 1.29 is 63.5 Å². The van der Waals surface area contributed by atoms with Crippen LogP contribution >= 0.6 is 0 Å². The zero-order valence-corrected chi connectivity index (χ0v) is 45.3. The first-order chi connectivity index (χ1) is 36.0. The molecule has 1 aliphatic heterocycles. The minimum atomic E-state index is -1.69. The average Bonchev–Trinajstić information content (AvgIpc) is 3.37. The van der Waals surface area contributed by atoms with Crippen molar-refractivity contribution in [3.05, 3.63) is 90.0 Å². The highest BCUT2D eigenvalue weighted by molar-refractivity contribution is 5.95. The summed E-state index contributed by atoms with van der Waals surface area (Å²) in [4.78, 5) is 109. The van der Waals surface area contributed by atoms with Gasteiger partial charge in [0.1, 0.15) is 36.5 Å². The molecule has 0 fully saturated rings. The summed E-state index contributed by atoms with van der Waals surface area (Å²) in [5.74, 6) is -6.87. The molecule has 0 saturated carbocycles. The van der Waals surface area contributed by atoms with Gasteiger partial charge in [0.2, 0.25) is 41.4 Å². The molecule has 10 N–H and O–H groups in total. The Labute approximate surface area is 447 Å². The summed E-state index contributed by atoms with van der Waals surface area (Å²) in [6, 6.07) is 7.20. The van der Waals surface area contributed by atoms with Crippen LogP contribution in [-0.4, -0.2) is 147 Å². The van der Waals surface area contributed by atoms with E-state index in [0.717, 1.165) is 43.7 Å². The molecule has 9 atom stereocenters. The van der Waals surface area contributed by atoms with Crippen LogP contribution in [0.2, 0.25) is 0 Å². The van der Waals surface area contributed by atoms with Gasteiger partial charge in [0.15, 0.2) is 0 Å². The number of unbranched alkanes of at least 4 members (excludes halogenated alkanes) is 4. The summed E-state index contributed by atoms with van der Waals surface area (Å²) in [6.07, 6.45) is 7.51. The maximum absolute atomic E-state index is 13.9. The monoisotopic (exact) mass is 1060 g/mol. The van der Waals surface area contributed by atoms with E-state index in [1.54, 1.807) is 59.8 Å². The van der Waals surface area contributed by atoms with E-state index in [4.69, 9.17) is 4.74 Å². The van der Waals surface area contributed by atoms with E-state index in [1.165, 1.54) is 30.2 Å². The van der Waals surface area contributed by atoms with Crippen LogP contribution in [-0.2, 0) is 55.9 Å². The number of cyclic esters (lactones) is 1.